The van der Waals surface area contributed by atoms with Gasteiger partial charge in [-0.3, -0.25) is 0 Å². The average molecular weight is 116 g/mol. The highest BCUT2D eigenvalue weighted by atomic mass is 32.1. The molecule has 0 saturated carbocycles. The van der Waals surface area contributed by atoms with Crippen LogP contribution in [-0.4, -0.2) is 5.75 Å². The Hall–Kier alpha value is 0.0900. The lowest BCUT2D eigenvalue weighted by atomic mass is 9.93. The molecule has 0 aromatic carbocycles. The van der Waals surface area contributed by atoms with Gasteiger partial charge < -0.3 is 0 Å². The third-order valence-electron chi connectivity index (χ3n) is 0.985. The molecule has 0 spiro atoms. The molecular weight excluding hydrogens is 104 g/mol. The van der Waals surface area contributed by atoms with E-state index in [1.165, 1.54) is 0 Å². The van der Waals surface area contributed by atoms with Crippen LogP contribution in [0.2, 0.25) is 0 Å². The summed E-state index contributed by atoms with van der Waals surface area (Å²) in [6.07, 6.45) is 0.858. The van der Waals surface area contributed by atoms with Crippen molar-refractivity contribution in [1.82, 2.24) is 0 Å². The summed E-state index contributed by atoms with van der Waals surface area (Å²) in [6, 6.07) is 0. The molecule has 1 atom stereocenters. The predicted octanol–water partition coefficient (Wildman–Crippen LogP) is 1.98. The SMILES string of the molecule is [CH2+]CC([CH2+])(C)CS. The van der Waals surface area contributed by atoms with Gasteiger partial charge in [0.25, 0.3) is 0 Å². The molecule has 0 saturated heterocycles. The fraction of sp³-hybridized carbons (Fsp3) is 0.667. The standard InChI is InChI=1S/C6H11S/c1-4-6(2,3)5-7/h1-2,4-5H2,3H3/q+1/p+1. The zero-order valence-electron chi connectivity index (χ0n) is 4.78. The second kappa shape index (κ2) is 2.41. The van der Waals surface area contributed by atoms with Crippen LogP contribution in [0.5, 0.6) is 0 Å². The van der Waals surface area contributed by atoms with Crippen LogP contribution in [0.15, 0.2) is 0 Å². The Kier molecular flexibility index (Phi) is 2.44. The van der Waals surface area contributed by atoms with Crippen molar-refractivity contribution in [3.05, 3.63) is 13.8 Å². The molecule has 0 radical (unpaired) electrons. The molecule has 1 heteroatoms. The van der Waals surface area contributed by atoms with E-state index in [4.69, 9.17) is 0 Å². The van der Waals surface area contributed by atoms with Gasteiger partial charge in [-0.15, -0.1) is 0 Å². The van der Waals surface area contributed by atoms with Gasteiger partial charge in [-0.05, 0) is 6.92 Å². The van der Waals surface area contributed by atoms with Crippen LogP contribution in [0.4, 0.5) is 0 Å². The molecule has 0 aliphatic heterocycles. The molecule has 0 amide bonds. The quantitative estimate of drug-likeness (QED) is 0.414. The van der Waals surface area contributed by atoms with Crippen LogP contribution in [0, 0.1) is 19.3 Å². The minimum Gasteiger partial charge on any atom is -0.174 e. The Morgan fingerprint density at radius 1 is 1.71 bits per heavy atom. The predicted molar refractivity (Wildman–Crippen MR) is 37.3 cm³/mol. The summed E-state index contributed by atoms with van der Waals surface area (Å²) in [5.74, 6) is 0.816. The van der Waals surface area contributed by atoms with Crippen molar-refractivity contribution in [3.8, 4) is 0 Å². The zero-order valence-corrected chi connectivity index (χ0v) is 5.67. The lowest BCUT2D eigenvalue weighted by Crippen LogP contribution is -2.11. The van der Waals surface area contributed by atoms with Crippen molar-refractivity contribution in [2.75, 3.05) is 5.75 Å². The molecule has 0 heterocycles. The van der Waals surface area contributed by atoms with Crippen LogP contribution in [-0.2, 0) is 0 Å². The number of thiol groups is 1. The largest absolute Gasteiger partial charge is 0.174 e. The zero-order chi connectivity index (χ0) is 5.91. The molecule has 0 N–H and O–H groups in total. The van der Waals surface area contributed by atoms with E-state index in [-0.39, 0.29) is 5.41 Å². The van der Waals surface area contributed by atoms with Gasteiger partial charge in [0.15, 0.2) is 5.41 Å². The maximum absolute atomic E-state index is 4.08. The highest BCUT2D eigenvalue weighted by Gasteiger charge is 2.23. The third-order valence-corrected chi connectivity index (χ3v) is 1.75. The number of hydrogen-bond acceptors (Lipinski definition) is 1. The van der Waals surface area contributed by atoms with E-state index in [9.17, 15) is 0 Å². The number of rotatable bonds is 2. The summed E-state index contributed by atoms with van der Waals surface area (Å²) in [5.41, 5.74) is 0.0864. The topological polar surface area (TPSA) is 0 Å². The Balaban J connectivity index is 3.36. The van der Waals surface area contributed by atoms with Crippen molar-refractivity contribution >= 4 is 12.6 Å². The first-order valence-electron chi connectivity index (χ1n) is 2.38. The molecule has 0 bridgehead atoms. The first kappa shape index (κ1) is 7.09. The van der Waals surface area contributed by atoms with Crippen LogP contribution in [0.3, 0.4) is 0 Å². The van der Waals surface area contributed by atoms with Crippen molar-refractivity contribution < 1.29 is 0 Å². The van der Waals surface area contributed by atoms with Crippen LogP contribution in [0.25, 0.3) is 0 Å². The Morgan fingerprint density at radius 3 is 2.14 bits per heavy atom. The first-order chi connectivity index (χ1) is 3.12. The molecule has 0 fully saturated rings. The summed E-state index contributed by atoms with van der Waals surface area (Å²) in [4.78, 5) is 0. The van der Waals surface area contributed by atoms with E-state index in [0.717, 1.165) is 12.2 Å². The maximum atomic E-state index is 4.08. The molecular formula is C6H12S+2. The molecule has 0 aromatic rings. The average Bonchev–Trinajstić information content (AvgIpc) is 1.68. The van der Waals surface area contributed by atoms with E-state index >= 15 is 0 Å². The first-order valence-corrected chi connectivity index (χ1v) is 3.01. The summed E-state index contributed by atoms with van der Waals surface area (Å²) in [7, 11) is 0. The van der Waals surface area contributed by atoms with Crippen molar-refractivity contribution in [2.45, 2.75) is 13.3 Å². The van der Waals surface area contributed by atoms with Crippen molar-refractivity contribution in [2.24, 2.45) is 5.41 Å². The maximum Gasteiger partial charge on any atom is 0.151 e. The highest BCUT2D eigenvalue weighted by molar-refractivity contribution is 7.80. The monoisotopic (exact) mass is 116 g/mol. The normalized spacial score (nSPS) is 18.6. The molecule has 0 nitrogen and oxygen atoms in total. The lowest BCUT2D eigenvalue weighted by molar-refractivity contribution is 0.494. The van der Waals surface area contributed by atoms with E-state index in [1.807, 2.05) is 6.92 Å². The van der Waals surface area contributed by atoms with Gasteiger partial charge >= 0.3 is 0 Å². The third kappa shape index (κ3) is 2.75. The van der Waals surface area contributed by atoms with Gasteiger partial charge in [0.05, 0.1) is 13.8 Å². The molecule has 1 unspecified atom stereocenters. The molecule has 40 valence electrons. The summed E-state index contributed by atoms with van der Waals surface area (Å²) >= 11 is 4.08. The summed E-state index contributed by atoms with van der Waals surface area (Å²) in [6.45, 7) is 9.63. The summed E-state index contributed by atoms with van der Waals surface area (Å²) < 4.78 is 0. The Labute approximate surface area is 51.7 Å². The van der Waals surface area contributed by atoms with E-state index in [2.05, 4.69) is 26.5 Å². The smallest absolute Gasteiger partial charge is 0.151 e. The van der Waals surface area contributed by atoms with Gasteiger partial charge in [0, 0.05) is 5.75 Å². The highest BCUT2D eigenvalue weighted by Crippen LogP contribution is 2.19. The van der Waals surface area contributed by atoms with Gasteiger partial charge in [-0.1, -0.05) is 0 Å². The lowest BCUT2D eigenvalue weighted by Gasteiger charge is -2.04. The molecule has 7 heavy (non-hydrogen) atoms. The fourth-order valence-electron chi connectivity index (χ4n) is 0.0791. The summed E-state index contributed by atoms with van der Waals surface area (Å²) in [5, 5.41) is 0. The van der Waals surface area contributed by atoms with Crippen molar-refractivity contribution in [1.29, 1.82) is 0 Å². The van der Waals surface area contributed by atoms with Crippen molar-refractivity contribution in [3.63, 3.8) is 0 Å². The number of hydrogen-bond donors (Lipinski definition) is 1. The van der Waals surface area contributed by atoms with E-state index in [0.29, 0.717) is 0 Å². The molecule has 0 aromatic heterocycles. The minimum absolute atomic E-state index is 0.0864. The van der Waals surface area contributed by atoms with E-state index in [1.54, 1.807) is 0 Å². The van der Waals surface area contributed by atoms with Crippen LogP contribution >= 0.6 is 12.6 Å². The van der Waals surface area contributed by atoms with Gasteiger partial charge in [-0.2, -0.15) is 12.6 Å². The molecule has 0 aliphatic carbocycles. The second-order valence-corrected chi connectivity index (χ2v) is 2.54. The van der Waals surface area contributed by atoms with Crippen LogP contribution in [0.1, 0.15) is 13.3 Å². The van der Waals surface area contributed by atoms with Crippen LogP contribution < -0.4 is 0 Å². The minimum atomic E-state index is 0.0864. The molecule has 0 rings (SSSR count). The Bertz CT molecular complexity index is 42.1. The fourth-order valence-corrected chi connectivity index (χ4v) is 0.237. The van der Waals surface area contributed by atoms with E-state index < -0.39 is 0 Å². The Morgan fingerprint density at radius 2 is 2.14 bits per heavy atom. The second-order valence-electron chi connectivity index (χ2n) is 2.22. The molecule has 0 aliphatic rings. The van der Waals surface area contributed by atoms with Gasteiger partial charge in [0.2, 0.25) is 0 Å². The van der Waals surface area contributed by atoms with Gasteiger partial charge in [-0.25, -0.2) is 0 Å². The van der Waals surface area contributed by atoms with Gasteiger partial charge in [0.1, 0.15) is 6.42 Å².